The molecule has 1 fully saturated rings. The summed E-state index contributed by atoms with van der Waals surface area (Å²) < 4.78 is 61.1. The van der Waals surface area contributed by atoms with Crippen LogP contribution in [-0.2, 0) is 0 Å². The summed E-state index contributed by atoms with van der Waals surface area (Å²) in [6.07, 6.45) is -3.37. The quantitative estimate of drug-likeness (QED) is 0.864. The van der Waals surface area contributed by atoms with Gasteiger partial charge in [0.15, 0.2) is 0 Å². The highest BCUT2D eigenvalue weighted by atomic mass is 19.4. The van der Waals surface area contributed by atoms with E-state index in [2.05, 4.69) is 10.1 Å². The molecule has 4 nitrogen and oxygen atoms in total. The molecule has 0 saturated carbocycles. The minimum absolute atomic E-state index is 0.0913. The van der Waals surface area contributed by atoms with Gasteiger partial charge < -0.3 is 14.5 Å². The minimum Gasteiger partial charge on any atom is -0.467 e. The molecule has 1 aliphatic heterocycles. The molecular weight excluding hydrogens is 328 g/mol. The van der Waals surface area contributed by atoms with Crippen LogP contribution in [0.3, 0.4) is 0 Å². The molecule has 1 saturated heterocycles. The predicted octanol–water partition coefficient (Wildman–Crippen LogP) is 3.31. The van der Waals surface area contributed by atoms with E-state index in [1.807, 2.05) is 4.90 Å². The average Bonchev–Trinajstić information content (AvgIpc) is 3.04. The fourth-order valence-electron chi connectivity index (χ4n) is 2.85. The Labute approximate surface area is 136 Å². The second-order valence-electron chi connectivity index (χ2n) is 5.44. The van der Waals surface area contributed by atoms with Crippen molar-refractivity contribution in [2.24, 2.45) is 0 Å². The molecular formula is C16H16F4N2O2. The third-order valence-corrected chi connectivity index (χ3v) is 3.83. The molecule has 1 aliphatic rings. The molecule has 2 heterocycles. The van der Waals surface area contributed by atoms with E-state index < -0.39 is 24.0 Å². The number of piperazine rings is 1. The number of nitrogens with one attached hydrogen (secondary N) is 1. The van der Waals surface area contributed by atoms with Gasteiger partial charge in [-0.2, -0.15) is 0 Å². The summed E-state index contributed by atoms with van der Waals surface area (Å²) >= 11 is 0. The summed E-state index contributed by atoms with van der Waals surface area (Å²) in [7, 11) is 0. The van der Waals surface area contributed by atoms with E-state index in [-0.39, 0.29) is 5.56 Å². The van der Waals surface area contributed by atoms with E-state index >= 15 is 0 Å². The molecule has 1 atom stereocenters. The van der Waals surface area contributed by atoms with Crippen LogP contribution in [0.5, 0.6) is 5.75 Å². The number of ether oxygens (including phenoxy) is 1. The van der Waals surface area contributed by atoms with Crippen molar-refractivity contribution in [2.75, 3.05) is 26.2 Å². The number of halogens is 4. The average molecular weight is 344 g/mol. The number of hydrogen-bond acceptors (Lipinski definition) is 4. The number of rotatable bonds is 4. The van der Waals surface area contributed by atoms with Crippen LogP contribution in [0.15, 0.2) is 41.0 Å². The molecule has 3 rings (SSSR count). The van der Waals surface area contributed by atoms with Gasteiger partial charge in [0.2, 0.25) is 0 Å². The molecule has 130 valence electrons. The Morgan fingerprint density at radius 1 is 1.17 bits per heavy atom. The van der Waals surface area contributed by atoms with E-state index in [9.17, 15) is 17.6 Å². The van der Waals surface area contributed by atoms with Gasteiger partial charge >= 0.3 is 6.36 Å². The first-order chi connectivity index (χ1) is 11.4. The Kier molecular flexibility index (Phi) is 4.77. The Morgan fingerprint density at radius 2 is 1.92 bits per heavy atom. The molecule has 0 amide bonds. The molecule has 1 aromatic heterocycles. The maximum Gasteiger partial charge on any atom is 0.573 e. The highest BCUT2D eigenvalue weighted by Gasteiger charge is 2.33. The Hall–Kier alpha value is -2.06. The standard InChI is InChI=1S/C16H16F4N2O2/c17-13-4-3-11(24-16(18,19)20)10-12(13)15(14-2-1-9-23-14)22-7-5-21-6-8-22/h1-4,9-10,15,21H,5-8H2/t15-/m1/s1. The van der Waals surface area contributed by atoms with Gasteiger partial charge in [-0.3, -0.25) is 4.90 Å². The number of nitrogens with zero attached hydrogens (tertiary/aromatic N) is 1. The van der Waals surface area contributed by atoms with Crippen LogP contribution in [0.4, 0.5) is 17.6 Å². The maximum absolute atomic E-state index is 14.4. The SMILES string of the molecule is Fc1ccc(OC(F)(F)F)cc1[C@H](c1ccco1)N1CCNCC1. The van der Waals surface area contributed by atoms with Crippen LogP contribution in [-0.4, -0.2) is 37.4 Å². The largest absolute Gasteiger partial charge is 0.573 e. The van der Waals surface area contributed by atoms with Crippen LogP contribution in [0.1, 0.15) is 17.4 Å². The van der Waals surface area contributed by atoms with Crippen molar-refractivity contribution in [2.45, 2.75) is 12.4 Å². The molecule has 8 heteroatoms. The lowest BCUT2D eigenvalue weighted by atomic mass is 10.0. The number of hydrogen-bond donors (Lipinski definition) is 1. The molecule has 0 spiro atoms. The van der Waals surface area contributed by atoms with Crippen molar-refractivity contribution in [3.63, 3.8) is 0 Å². The van der Waals surface area contributed by atoms with Gasteiger partial charge in [-0.05, 0) is 30.3 Å². The molecule has 2 aromatic rings. The van der Waals surface area contributed by atoms with Crippen molar-refractivity contribution >= 4 is 0 Å². The second kappa shape index (κ2) is 6.82. The van der Waals surface area contributed by atoms with Crippen molar-refractivity contribution in [1.29, 1.82) is 0 Å². The van der Waals surface area contributed by atoms with Gasteiger partial charge in [0.25, 0.3) is 0 Å². The number of alkyl halides is 3. The zero-order valence-electron chi connectivity index (χ0n) is 12.6. The summed E-state index contributed by atoms with van der Waals surface area (Å²) in [6.45, 7) is 2.65. The third-order valence-electron chi connectivity index (χ3n) is 3.83. The highest BCUT2D eigenvalue weighted by molar-refractivity contribution is 5.35. The first kappa shape index (κ1) is 16.8. The van der Waals surface area contributed by atoms with E-state index in [4.69, 9.17) is 4.42 Å². The Morgan fingerprint density at radius 3 is 2.54 bits per heavy atom. The number of benzene rings is 1. The van der Waals surface area contributed by atoms with Crippen molar-refractivity contribution in [3.8, 4) is 5.75 Å². The van der Waals surface area contributed by atoms with Crippen LogP contribution >= 0.6 is 0 Å². The fraction of sp³-hybridized carbons (Fsp3) is 0.375. The maximum atomic E-state index is 14.4. The van der Waals surface area contributed by atoms with Crippen LogP contribution < -0.4 is 10.1 Å². The monoisotopic (exact) mass is 344 g/mol. The summed E-state index contributed by atoms with van der Waals surface area (Å²) in [5.74, 6) is -0.588. The molecule has 0 bridgehead atoms. The van der Waals surface area contributed by atoms with Crippen LogP contribution in [0.25, 0.3) is 0 Å². The number of furan rings is 1. The van der Waals surface area contributed by atoms with Gasteiger partial charge in [-0.1, -0.05) is 0 Å². The van der Waals surface area contributed by atoms with Gasteiger partial charge in [0.05, 0.1) is 12.3 Å². The van der Waals surface area contributed by atoms with Gasteiger partial charge in [0.1, 0.15) is 17.3 Å². The van der Waals surface area contributed by atoms with Crippen molar-refractivity contribution in [3.05, 3.63) is 53.7 Å². The Bertz CT molecular complexity index is 667. The zero-order chi connectivity index (χ0) is 17.2. The van der Waals surface area contributed by atoms with Crippen molar-refractivity contribution in [1.82, 2.24) is 10.2 Å². The summed E-state index contributed by atoms with van der Waals surface area (Å²) in [5, 5.41) is 3.18. The topological polar surface area (TPSA) is 37.6 Å². The molecule has 0 aliphatic carbocycles. The molecule has 0 radical (unpaired) electrons. The zero-order valence-corrected chi connectivity index (χ0v) is 12.6. The minimum atomic E-state index is -4.83. The Balaban J connectivity index is 1.99. The smallest absolute Gasteiger partial charge is 0.467 e. The lowest BCUT2D eigenvalue weighted by molar-refractivity contribution is -0.274. The third kappa shape index (κ3) is 3.88. The van der Waals surface area contributed by atoms with Crippen molar-refractivity contribution < 1.29 is 26.7 Å². The van der Waals surface area contributed by atoms with Crippen LogP contribution in [0.2, 0.25) is 0 Å². The van der Waals surface area contributed by atoms with Crippen LogP contribution in [0, 0.1) is 5.82 Å². The van der Waals surface area contributed by atoms with E-state index in [0.717, 1.165) is 18.2 Å². The van der Waals surface area contributed by atoms with Gasteiger partial charge in [-0.15, -0.1) is 13.2 Å². The molecule has 0 unspecified atom stereocenters. The molecule has 24 heavy (non-hydrogen) atoms. The normalized spacial score (nSPS) is 17.7. The fourth-order valence-corrected chi connectivity index (χ4v) is 2.85. The predicted molar refractivity (Wildman–Crippen MR) is 78.1 cm³/mol. The van der Waals surface area contributed by atoms with E-state index in [0.29, 0.717) is 31.9 Å². The lowest BCUT2D eigenvalue weighted by Gasteiger charge is -2.34. The van der Waals surface area contributed by atoms with E-state index in [1.54, 1.807) is 12.1 Å². The van der Waals surface area contributed by atoms with Gasteiger partial charge in [0, 0.05) is 31.7 Å². The van der Waals surface area contributed by atoms with Gasteiger partial charge in [-0.25, -0.2) is 4.39 Å². The summed E-state index contributed by atoms with van der Waals surface area (Å²) in [6, 6.07) is 5.76. The lowest BCUT2D eigenvalue weighted by Crippen LogP contribution is -2.45. The first-order valence-corrected chi connectivity index (χ1v) is 7.47. The van der Waals surface area contributed by atoms with E-state index in [1.165, 1.54) is 6.26 Å². The first-order valence-electron chi connectivity index (χ1n) is 7.47. The molecule has 1 N–H and O–H groups in total. The summed E-state index contributed by atoms with van der Waals surface area (Å²) in [4.78, 5) is 1.96. The second-order valence-corrected chi connectivity index (χ2v) is 5.44. The molecule has 1 aromatic carbocycles. The summed E-state index contributed by atoms with van der Waals surface area (Å²) in [5.41, 5.74) is 0.0913. The highest BCUT2D eigenvalue weighted by Crippen LogP contribution is 2.34.